The van der Waals surface area contributed by atoms with Crippen LogP contribution in [0.4, 0.5) is 0 Å². The lowest BCUT2D eigenvalue weighted by atomic mass is 9.73. The Morgan fingerprint density at radius 3 is 3.09 bits per heavy atom. The molecule has 0 aromatic heterocycles. The molecule has 5 nitrogen and oxygen atoms in total. The van der Waals surface area contributed by atoms with E-state index in [1.165, 1.54) is 0 Å². The van der Waals surface area contributed by atoms with E-state index in [1.54, 1.807) is 7.11 Å². The third-order valence-electron chi connectivity index (χ3n) is 4.94. The third-order valence-corrected chi connectivity index (χ3v) is 5.64. The summed E-state index contributed by atoms with van der Waals surface area (Å²) in [6.07, 6.45) is 3.17. The van der Waals surface area contributed by atoms with Gasteiger partial charge < -0.3 is 19.5 Å². The molecule has 0 saturated carbocycles. The molecule has 1 fully saturated rings. The SMILES string of the molecule is COc1cccc2c1OC[C@@]1(C(=O)O)CN(CCCSC)C[C@@H]21. The van der Waals surface area contributed by atoms with Gasteiger partial charge in [-0.1, -0.05) is 12.1 Å². The first-order valence-corrected chi connectivity index (χ1v) is 9.26. The summed E-state index contributed by atoms with van der Waals surface area (Å²) in [7, 11) is 1.61. The standard InChI is InChI=1S/C17H23NO4S/c1-21-14-6-3-5-12-13-9-18(7-4-8-23-2)10-17(13,16(19)20)11-22-15(12)14/h3,5-6,13H,4,7-11H2,1-2H3,(H,19,20)/t13-,17-/m0/s1. The number of fused-ring (bicyclic) bond motifs is 3. The number of carboxylic acid groups (broad SMARTS) is 1. The zero-order chi connectivity index (χ0) is 16.4. The molecule has 1 aromatic carbocycles. The number of ether oxygens (including phenoxy) is 2. The van der Waals surface area contributed by atoms with Crippen LogP contribution in [-0.4, -0.2) is 61.3 Å². The van der Waals surface area contributed by atoms with E-state index in [2.05, 4.69) is 11.2 Å². The Morgan fingerprint density at radius 1 is 1.57 bits per heavy atom. The van der Waals surface area contributed by atoms with E-state index >= 15 is 0 Å². The van der Waals surface area contributed by atoms with Crippen LogP contribution in [0.1, 0.15) is 17.9 Å². The monoisotopic (exact) mass is 337 g/mol. The van der Waals surface area contributed by atoms with Crippen LogP contribution in [-0.2, 0) is 4.79 Å². The fourth-order valence-electron chi connectivity index (χ4n) is 3.75. The largest absolute Gasteiger partial charge is 0.493 e. The lowest BCUT2D eigenvalue weighted by molar-refractivity contribution is -0.151. The lowest BCUT2D eigenvalue weighted by Gasteiger charge is -2.36. The Morgan fingerprint density at radius 2 is 2.39 bits per heavy atom. The van der Waals surface area contributed by atoms with Crippen molar-refractivity contribution in [1.29, 1.82) is 0 Å². The molecule has 6 heteroatoms. The van der Waals surface area contributed by atoms with Crippen molar-refractivity contribution in [2.24, 2.45) is 5.41 Å². The highest BCUT2D eigenvalue weighted by Crippen LogP contribution is 2.52. The van der Waals surface area contributed by atoms with Crippen molar-refractivity contribution in [1.82, 2.24) is 4.90 Å². The van der Waals surface area contributed by atoms with Gasteiger partial charge in [0.15, 0.2) is 11.5 Å². The van der Waals surface area contributed by atoms with Gasteiger partial charge in [0.2, 0.25) is 0 Å². The summed E-state index contributed by atoms with van der Waals surface area (Å²) in [6.45, 7) is 2.47. The van der Waals surface area contributed by atoms with Gasteiger partial charge in [0.05, 0.1) is 7.11 Å². The van der Waals surface area contributed by atoms with Crippen LogP contribution < -0.4 is 9.47 Å². The van der Waals surface area contributed by atoms with Crippen molar-refractivity contribution >= 4 is 17.7 Å². The summed E-state index contributed by atoms with van der Waals surface area (Å²) >= 11 is 1.83. The van der Waals surface area contributed by atoms with E-state index in [-0.39, 0.29) is 12.5 Å². The summed E-state index contributed by atoms with van der Waals surface area (Å²) in [5.41, 5.74) is 0.115. The molecule has 0 spiro atoms. The van der Waals surface area contributed by atoms with Crippen molar-refractivity contribution in [3.63, 3.8) is 0 Å². The van der Waals surface area contributed by atoms with E-state index in [0.717, 1.165) is 30.8 Å². The molecule has 23 heavy (non-hydrogen) atoms. The van der Waals surface area contributed by atoms with Crippen LogP contribution in [0.25, 0.3) is 0 Å². The zero-order valence-electron chi connectivity index (χ0n) is 13.6. The van der Waals surface area contributed by atoms with Gasteiger partial charge in [-0.3, -0.25) is 4.79 Å². The predicted molar refractivity (Wildman–Crippen MR) is 90.7 cm³/mol. The molecule has 0 bridgehead atoms. The van der Waals surface area contributed by atoms with Gasteiger partial charge in [-0.05, 0) is 31.0 Å². The smallest absolute Gasteiger partial charge is 0.315 e. The Hall–Kier alpha value is -1.40. The Bertz CT molecular complexity index is 594. The minimum atomic E-state index is -0.848. The minimum absolute atomic E-state index is 0.0480. The second kappa shape index (κ2) is 6.61. The molecule has 1 aromatic rings. The second-order valence-electron chi connectivity index (χ2n) is 6.26. The molecule has 2 atom stereocenters. The summed E-state index contributed by atoms with van der Waals surface area (Å²) in [5.74, 6) is 1.68. The van der Waals surface area contributed by atoms with E-state index < -0.39 is 11.4 Å². The topological polar surface area (TPSA) is 59.0 Å². The molecule has 3 rings (SSSR count). The van der Waals surface area contributed by atoms with Crippen molar-refractivity contribution in [3.05, 3.63) is 23.8 Å². The fourth-order valence-corrected chi connectivity index (χ4v) is 4.17. The van der Waals surface area contributed by atoms with Crippen LogP contribution in [0, 0.1) is 5.41 Å². The number of benzene rings is 1. The van der Waals surface area contributed by atoms with Crippen LogP contribution in [0.2, 0.25) is 0 Å². The van der Waals surface area contributed by atoms with E-state index in [1.807, 2.05) is 30.0 Å². The molecule has 2 aliphatic heterocycles. The maximum atomic E-state index is 12.1. The van der Waals surface area contributed by atoms with E-state index in [9.17, 15) is 9.90 Å². The van der Waals surface area contributed by atoms with Crippen LogP contribution in [0.5, 0.6) is 11.5 Å². The first-order valence-electron chi connectivity index (χ1n) is 7.87. The Balaban J connectivity index is 1.91. The van der Waals surface area contributed by atoms with Crippen molar-refractivity contribution in [2.45, 2.75) is 12.3 Å². The van der Waals surface area contributed by atoms with Crippen molar-refractivity contribution < 1.29 is 19.4 Å². The van der Waals surface area contributed by atoms with Gasteiger partial charge in [0.25, 0.3) is 0 Å². The number of carbonyl (C=O) groups is 1. The molecule has 0 unspecified atom stereocenters. The van der Waals surface area contributed by atoms with Crippen molar-refractivity contribution in [2.75, 3.05) is 45.4 Å². The van der Waals surface area contributed by atoms with Gasteiger partial charge in [-0.2, -0.15) is 11.8 Å². The predicted octanol–water partition coefficient (Wildman–Crippen LogP) is 2.31. The number of carboxylic acids is 1. The molecular formula is C17H23NO4S. The van der Waals surface area contributed by atoms with Crippen molar-refractivity contribution in [3.8, 4) is 11.5 Å². The van der Waals surface area contributed by atoms with E-state index in [0.29, 0.717) is 18.0 Å². The minimum Gasteiger partial charge on any atom is -0.493 e. The van der Waals surface area contributed by atoms with Gasteiger partial charge in [-0.25, -0.2) is 0 Å². The maximum absolute atomic E-state index is 12.1. The molecule has 126 valence electrons. The van der Waals surface area contributed by atoms with Crippen LogP contribution in [0.15, 0.2) is 18.2 Å². The molecule has 2 aliphatic rings. The normalized spacial score (nSPS) is 26.3. The number of hydrogen-bond acceptors (Lipinski definition) is 5. The summed E-state index contributed by atoms with van der Waals surface area (Å²) in [5, 5.41) is 9.90. The number of thioether (sulfide) groups is 1. The number of aliphatic carboxylic acids is 1. The number of hydrogen-bond donors (Lipinski definition) is 1. The average Bonchev–Trinajstić information content (AvgIpc) is 2.95. The highest BCUT2D eigenvalue weighted by molar-refractivity contribution is 7.98. The second-order valence-corrected chi connectivity index (χ2v) is 7.25. The first kappa shape index (κ1) is 16.5. The highest BCUT2D eigenvalue weighted by atomic mass is 32.2. The Kier molecular flexibility index (Phi) is 4.73. The molecule has 0 amide bonds. The number of rotatable bonds is 6. The molecule has 1 N–H and O–H groups in total. The summed E-state index contributed by atoms with van der Waals surface area (Å²) in [6, 6.07) is 5.75. The molecule has 2 heterocycles. The number of nitrogens with zero attached hydrogens (tertiary/aromatic N) is 1. The van der Waals surface area contributed by atoms with Crippen LogP contribution in [0.3, 0.4) is 0 Å². The number of likely N-dealkylation sites (tertiary alicyclic amines) is 1. The number of methoxy groups -OCH3 is 1. The van der Waals surface area contributed by atoms with Gasteiger partial charge >= 0.3 is 5.97 Å². The average molecular weight is 337 g/mol. The molecule has 0 radical (unpaired) electrons. The zero-order valence-corrected chi connectivity index (χ0v) is 14.4. The summed E-state index contributed by atoms with van der Waals surface area (Å²) < 4.78 is 11.2. The Labute approximate surface area is 140 Å². The number of para-hydroxylation sites is 1. The first-order chi connectivity index (χ1) is 11.1. The molecule has 0 aliphatic carbocycles. The maximum Gasteiger partial charge on any atom is 0.315 e. The van der Waals surface area contributed by atoms with E-state index in [4.69, 9.17) is 9.47 Å². The fraction of sp³-hybridized carbons (Fsp3) is 0.588. The summed E-state index contributed by atoms with van der Waals surface area (Å²) in [4.78, 5) is 14.3. The highest BCUT2D eigenvalue weighted by Gasteiger charge is 2.56. The molecule has 1 saturated heterocycles. The van der Waals surface area contributed by atoms with Crippen LogP contribution >= 0.6 is 11.8 Å². The van der Waals surface area contributed by atoms with Gasteiger partial charge in [0, 0.05) is 24.6 Å². The lowest BCUT2D eigenvalue weighted by Crippen LogP contribution is -2.45. The third kappa shape index (κ3) is 2.78. The van der Waals surface area contributed by atoms with Gasteiger partial charge in [0.1, 0.15) is 12.0 Å². The quantitative estimate of drug-likeness (QED) is 0.804. The molecular weight excluding hydrogens is 314 g/mol. The van der Waals surface area contributed by atoms with Gasteiger partial charge in [-0.15, -0.1) is 0 Å².